The summed E-state index contributed by atoms with van der Waals surface area (Å²) in [5, 5.41) is 0. The zero-order valence-corrected chi connectivity index (χ0v) is 13.5. The number of sulfonamides is 1. The lowest BCUT2D eigenvalue weighted by atomic mass is 10.3. The van der Waals surface area contributed by atoms with Crippen LogP contribution in [0, 0.1) is 0 Å². The summed E-state index contributed by atoms with van der Waals surface area (Å²) in [6.07, 6.45) is 0. The van der Waals surface area contributed by atoms with E-state index < -0.39 is 16.0 Å². The Balaban J connectivity index is 2.75. The van der Waals surface area contributed by atoms with Gasteiger partial charge in [0.2, 0.25) is 0 Å². The van der Waals surface area contributed by atoms with E-state index in [2.05, 4.69) is 14.4 Å². The zero-order valence-electron chi connectivity index (χ0n) is 11.9. The van der Waals surface area contributed by atoms with Crippen LogP contribution in [0.4, 0.5) is 0 Å². The van der Waals surface area contributed by atoms with Crippen LogP contribution in [0.3, 0.4) is 0 Å². The van der Waals surface area contributed by atoms with Crippen molar-refractivity contribution in [3.8, 4) is 0 Å². The molecule has 0 radical (unpaired) electrons. The molecule has 0 aliphatic rings. The molecule has 1 N–H and O–H groups in total. The van der Waals surface area contributed by atoms with Crippen molar-refractivity contribution in [1.82, 2.24) is 14.6 Å². The average Bonchev–Trinajstić information content (AvgIpc) is 2.87. The summed E-state index contributed by atoms with van der Waals surface area (Å²) in [5.41, 5.74) is 1.13. The van der Waals surface area contributed by atoms with E-state index in [9.17, 15) is 13.2 Å². The molecular weight excluding hydrogens is 302 g/mol. The molecule has 20 heavy (non-hydrogen) atoms. The molecule has 114 valence electrons. The van der Waals surface area contributed by atoms with Crippen LogP contribution in [0.15, 0.2) is 9.72 Å². The minimum atomic E-state index is -3.75. The highest BCUT2D eigenvalue weighted by Gasteiger charge is 2.26. The number of nitrogens with zero attached hydrogens (tertiary/aromatic N) is 2. The molecule has 1 aromatic heterocycles. The number of ether oxygens (including phenoxy) is 1. The Morgan fingerprint density at radius 2 is 2.20 bits per heavy atom. The van der Waals surface area contributed by atoms with E-state index in [-0.39, 0.29) is 16.4 Å². The molecule has 0 bridgehead atoms. The molecule has 0 amide bonds. The lowest BCUT2D eigenvalue weighted by Crippen LogP contribution is -2.36. The summed E-state index contributed by atoms with van der Waals surface area (Å²) in [4.78, 5) is 17.2. The third-order valence-corrected chi connectivity index (χ3v) is 5.63. The summed E-state index contributed by atoms with van der Waals surface area (Å²) >= 11 is 0.889. The number of hydrogen-bond donors (Lipinski definition) is 1. The molecule has 9 heteroatoms. The van der Waals surface area contributed by atoms with Crippen molar-refractivity contribution in [3.63, 3.8) is 0 Å². The van der Waals surface area contributed by atoms with Crippen LogP contribution in [0.1, 0.15) is 24.3 Å². The van der Waals surface area contributed by atoms with Crippen LogP contribution >= 0.6 is 11.3 Å². The molecule has 0 atom stereocenters. The van der Waals surface area contributed by atoms with Gasteiger partial charge in [-0.3, -0.25) is 0 Å². The fourth-order valence-corrected chi connectivity index (χ4v) is 3.53. The lowest BCUT2D eigenvalue weighted by Gasteiger charge is -2.20. The van der Waals surface area contributed by atoms with Crippen molar-refractivity contribution < 1.29 is 17.9 Å². The number of carbonyl (C=O) groups excluding carboxylic acids is 1. The maximum absolute atomic E-state index is 12.1. The van der Waals surface area contributed by atoms with E-state index in [1.165, 1.54) is 12.6 Å². The molecule has 1 aromatic rings. The SMILES string of the molecule is COC(=O)c1ncsc1S(=O)(=O)NCCN(C)C(C)C. The number of carbonyl (C=O) groups is 1. The van der Waals surface area contributed by atoms with Crippen molar-refractivity contribution in [2.24, 2.45) is 0 Å². The Kier molecular flexibility index (Phi) is 6.06. The van der Waals surface area contributed by atoms with Crippen LogP contribution < -0.4 is 4.72 Å². The fourth-order valence-electron chi connectivity index (χ4n) is 1.34. The molecule has 7 nitrogen and oxygen atoms in total. The topological polar surface area (TPSA) is 88.6 Å². The van der Waals surface area contributed by atoms with Crippen LogP contribution in [0.5, 0.6) is 0 Å². The standard InChI is InChI=1S/C11H19N3O4S2/c1-8(2)14(3)6-5-13-20(16,17)11-9(10(15)18-4)12-7-19-11/h7-8,13H,5-6H2,1-4H3. The van der Waals surface area contributed by atoms with Gasteiger partial charge in [-0.05, 0) is 20.9 Å². The first-order valence-corrected chi connectivity index (χ1v) is 8.37. The van der Waals surface area contributed by atoms with Gasteiger partial charge >= 0.3 is 5.97 Å². The molecule has 1 heterocycles. The van der Waals surface area contributed by atoms with Crippen LogP contribution in [-0.2, 0) is 14.8 Å². The van der Waals surface area contributed by atoms with Gasteiger partial charge in [0.05, 0.1) is 12.6 Å². The predicted octanol–water partition coefficient (Wildman–Crippen LogP) is 0.548. The largest absolute Gasteiger partial charge is 0.464 e. The highest BCUT2D eigenvalue weighted by Crippen LogP contribution is 2.20. The Hall–Kier alpha value is -1.03. The van der Waals surface area contributed by atoms with Crippen molar-refractivity contribution >= 4 is 27.3 Å². The van der Waals surface area contributed by atoms with E-state index in [4.69, 9.17) is 0 Å². The van der Waals surface area contributed by atoms with Gasteiger partial charge in [0.25, 0.3) is 10.0 Å². The Labute approximate surface area is 123 Å². The van der Waals surface area contributed by atoms with Gasteiger partial charge in [0, 0.05) is 19.1 Å². The number of likely N-dealkylation sites (N-methyl/N-ethyl adjacent to an activating group) is 1. The van der Waals surface area contributed by atoms with Crippen LogP contribution in [0.2, 0.25) is 0 Å². The molecule has 0 saturated heterocycles. The number of hydrogen-bond acceptors (Lipinski definition) is 7. The quantitative estimate of drug-likeness (QED) is 0.738. The second-order valence-electron chi connectivity index (χ2n) is 4.45. The number of aromatic nitrogens is 1. The predicted molar refractivity (Wildman–Crippen MR) is 76.4 cm³/mol. The number of nitrogens with one attached hydrogen (secondary N) is 1. The first-order chi connectivity index (χ1) is 9.29. The van der Waals surface area contributed by atoms with Crippen molar-refractivity contribution in [3.05, 3.63) is 11.2 Å². The fraction of sp³-hybridized carbons (Fsp3) is 0.636. The number of thiazole rings is 1. The molecule has 0 aliphatic carbocycles. The van der Waals surface area contributed by atoms with Crippen LogP contribution in [-0.4, -0.2) is 57.6 Å². The first kappa shape index (κ1) is 17.0. The van der Waals surface area contributed by atoms with Gasteiger partial charge in [0.15, 0.2) is 9.90 Å². The number of esters is 1. The summed E-state index contributed by atoms with van der Waals surface area (Å²) in [5.74, 6) is -0.758. The highest BCUT2D eigenvalue weighted by atomic mass is 32.2. The van der Waals surface area contributed by atoms with Crippen LogP contribution in [0.25, 0.3) is 0 Å². The zero-order chi connectivity index (χ0) is 15.3. The molecule has 0 saturated carbocycles. The number of methoxy groups -OCH3 is 1. The summed E-state index contributed by atoms with van der Waals surface area (Å²) in [7, 11) is -0.654. The molecular formula is C11H19N3O4S2. The first-order valence-electron chi connectivity index (χ1n) is 6.01. The van der Waals surface area contributed by atoms with E-state index in [1.54, 1.807) is 0 Å². The van der Waals surface area contributed by atoms with E-state index in [0.717, 1.165) is 11.3 Å². The van der Waals surface area contributed by atoms with Gasteiger partial charge in [-0.1, -0.05) is 0 Å². The van der Waals surface area contributed by atoms with Crippen molar-refractivity contribution in [2.45, 2.75) is 24.1 Å². The highest BCUT2D eigenvalue weighted by molar-refractivity contribution is 7.91. The summed E-state index contributed by atoms with van der Waals surface area (Å²) < 4.78 is 31.1. The molecule has 0 fully saturated rings. The Bertz CT molecular complexity index is 554. The maximum Gasteiger partial charge on any atom is 0.358 e. The summed E-state index contributed by atoms with van der Waals surface area (Å²) in [6, 6.07) is 0.327. The molecule has 1 rings (SSSR count). The van der Waals surface area contributed by atoms with Gasteiger partial charge in [0.1, 0.15) is 0 Å². The molecule has 0 spiro atoms. The smallest absolute Gasteiger partial charge is 0.358 e. The number of rotatable bonds is 7. The Morgan fingerprint density at radius 3 is 2.75 bits per heavy atom. The van der Waals surface area contributed by atoms with E-state index in [1.807, 2.05) is 25.8 Å². The maximum atomic E-state index is 12.1. The second kappa shape index (κ2) is 7.11. The monoisotopic (exact) mass is 321 g/mol. The van der Waals surface area contributed by atoms with Crippen molar-refractivity contribution in [1.29, 1.82) is 0 Å². The van der Waals surface area contributed by atoms with Gasteiger partial charge in [-0.2, -0.15) is 0 Å². The summed E-state index contributed by atoms with van der Waals surface area (Å²) in [6.45, 7) is 4.87. The van der Waals surface area contributed by atoms with E-state index in [0.29, 0.717) is 12.6 Å². The minimum absolute atomic E-state index is 0.114. The third kappa shape index (κ3) is 4.23. The van der Waals surface area contributed by atoms with Crippen molar-refractivity contribution in [2.75, 3.05) is 27.2 Å². The van der Waals surface area contributed by atoms with Gasteiger partial charge in [-0.25, -0.2) is 22.9 Å². The third-order valence-electron chi connectivity index (χ3n) is 2.80. The Morgan fingerprint density at radius 1 is 1.55 bits per heavy atom. The van der Waals surface area contributed by atoms with Gasteiger partial charge in [-0.15, -0.1) is 11.3 Å². The molecule has 0 unspecified atom stereocenters. The van der Waals surface area contributed by atoms with Gasteiger partial charge < -0.3 is 9.64 Å². The minimum Gasteiger partial charge on any atom is -0.464 e. The molecule has 0 aliphatic heterocycles. The van der Waals surface area contributed by atoms with E-state index >= 15 is 0 Å². The molecule has 0 aromatic carbocycles. The normalized spacial score (nSPS) is 12.1. The lowest BCUT2D eigenvalue weighted by molar-refractivity contribution is 0.0590. The second-order valence-corrected chi connectivity index (χ2v) is 7.27. The average molecular weight is 321 g/mol.